The van der Waals surface area contributed by atoms with E-state index in [0.717, 1.165) is 24.3 Å². The number of benzene rings is 1. The lowest BCUT2D eigenvalue weighted by Crippen LogP contribution is -2.23. The highest BCUT2D eigenvalue weighted by Gasteiger charge is 2.21. The molecule has 1 aliphatic rings. The molecular weight excluding hydrogens is 240 g/mol. The topological polar surface area (TPSA) is 49.4 Å². The lowest BCUT2D eigenvalue weighted by Gasteiger charge is -2.17. The Bertz CT molecular complexity index is 483. The van der Waals surface area contributed by atoms with E-state index in [0.29, 0.717) is 18.8 Å². The maximum Gasteiger partial charge on any atom is 0.227 e. The molecule has 2 rings (SSSR count). The molecular formula is C15H20N2O2. The SMILES string of the molecule is CC(C)CC(=O)Nc1cccc(N2CCCC2=O)c1. The number of carbonyl (C=O) groups is 2. The Kier molecular flexibility index (Phi) is 4.20. The molecule has 1 fully saturated rings. The minimum Gasteiger partial charge on any atom is -0.326 e. The van der Waals surface area contributed by atoms with Crippen LogP contribution in [0.25, 0.3) is 0 Å². The third-order valence-corrected chi connectivity index (χ3v) is 3.11. The number of amides is 2. The predicted molar refractivity (Wildman–Crippen MR) is 76.1 cm³/mol. The van der Waals surface area contributed by atoms with Gasteiger partial charge in [0.1, 0.15) is 0 Å². The van der Waals surface area contributed by atoms with Gasteiger partial charge >= 0.3 is 0 Å². The molecule has 1 heterocycles. The molecule has 0 atom stereocenters. The van der Waals surface area contributed by atoms with Crippen LogP contribution in [0.15, 0.2) is 24.3 Å². The average molecular weight is 260 g/mol. The fraction of sp³-hybridized carbons (Fsp3) is 0.467. The Balaban J connectivity index is 2.07. The fourth-order valence-electron chi connectivity index (χ4n) is 2.26. The molecule has 0 spiro atoms. The third kappa shape index (κ3) is 3.56. The molecule has 1 aromatic carbocycles. The van der Waals surface area contributed by atoms with Crippen LogP contribution in [-0.4, -0.2) is 18.4 Å². The number of nitrogens with one attached hydrogen (secondary N) is 1. The van der Waals surface area contributed by atoms with E-state index in [1.54, 1.807) is 4.90 Å². The van der Waals surface area contributed by atoms with Gasteiger partial charge in [-0.15, -0.1) is 0 Å². The zero-order valence-electron chi connectivity index (χ0n) is 11.5. The molecule has 4 heteroatoms. The highest BCUT2D eigenvalue weighted by atomic mass is 16.2. The molecule has 1 aliphatic heterocycles. The van der Waals surface area contributed by atoms with E-state index >= 15 is 0 Å². The molecule has 0 aromatic heterocycles. The van der Waals surface area contributed by atoms with Crippen molar-refractivity contribution in [2.75, 3.05) is 16.8 Å². The van der Waals surface area contributed by atoms with E-state index < -0.39 is 0 Å². The number of carbonyl (C=O) groups excluding carboxylic acids is 2. The highest BCUT2D eigenvalue weighted by molar-refractivity contribution is 5.97. The minimum atomic E-state index is 0.0138. The number of anilines is 2. The molecule has 1 aromatic rings. The number of nitrogens with zero attached hydrogens (tertiary/aromatic N) is 1. The van der Waals surface area contributed by atoms with Crippen molar-refractivity contribution >= 4 is 23.2 Å². The summed E-state index contributed by atoms with van der Waals surface area (Å²) < 4.78 is 0. The fourth-order valence-corrected chi connectivity index (χ4v) is 2.26. The first-order valence-electron chi connectivity index (χ1n) is 6.76. The Morgan fingerprint density at radius 3 is 2.84 bits per heavy atom. The Morgan fingerprint density at radius 1 is 1.42 bits per heavy atom. The number of rotatable bonds is 4. The minimum absolute atomic E-state index is 0.0138. The predicted octanol–water partition coefficient (Wildman–Crippen LogP) is 2.80. The Hall–Kier alpha value is -1.84. The first kappa shape index (κ1) is 13.6. The molecule has 1 N–H and O–H groups in total. The summed E-state index contributed by atoms with van der Waals surface area (Å²) in [5, 5.41) is 2.88. The smallest absolute Gasteiger partial charge is 0.227 e. The van der Waals surface area contributed by atoms with Crippen molar-refractivity contribution in [2.45, 2.75) is 33.1 Å². The third-order valence-electron chi connectivity index (χ3n) is 3.11. The van der Waals surface area contributed by atoms with Gasteiger partial charge < -0.3 is 10.2 Å². The van der Waals surface area contributed by atoms with Crippen LogP contribution in [0, 0.1) is 5.92 Å². The van der Waals surface area contributed by atoms with E-state index in [4.69, 9.17) is 0 Å². The van der Waals surface area contributed by atoms with Crippen LogP contribution in [0.5, 0.6) is 0 Å². The Labute approximate surface area is 113 Å². The summed E-state index contributed by atoms with van der Waals surface area (Å²) in [5.74, 6) is 0.508. The normalized spacial score (nSPS) is 15.1. The molecule has 0 radical (unpaired) electrons. The summed E-state index contributed by atoms with van der Waals surface area (Å²) in [5.41, 5.74) is 1.62. The van der Waals surface area contributed by atoms with Crippen molar-refractivity contribution in [2.24, 2.45) is 5.92 Å². The van der Waals surface area contributed by atoms with E-state index in [2.05, 4.69) is 5.32 Å². The van der Waals surface area contributed by atoms with E-state index in [-0.39, 0.29) is 11.8 Å². The maximum absolute atomic E-state index is 11.7. The van der Waals surface area contributed by atoms with Gasteiger partial charge in [-0.3, -0.25) is 9.59 Å². The summed E-state index contributed by atoms with van der Waals surface area (Å²) in [7, 11) is 0. The largest absolute Gasteiger partial charge is 0.326 e. The molecule has 0 unspecified atom stereocenters. The zero-order valence-corrected chi connectivity index (χ0v) is 11.5. The van der Waals surface area contributed by atoms with Gasteiger partial charge in [0.15, 0.2) is 0 Å². The molecule has 19 heavy (non-hydrogen) atoms. The summed E-state index contributed by atoms with van der Waals surface area (Å²) in [6.07, 6.45) is 2.03. The van der Waals surface area contributed by atoms with Crippen LogP contribution in [0.4, 0.5) is 11.4 Å². The van der Waals surface area contributed by atoms with Crippen molar-refractivity contribution in [3.05, 3.63) is 24.3 Å². The van der Waals surface area contributed by atoms with Gasteiger partial charge in [-0.1, -0.05) is 19.9 Å². The van der Waals surface area contributed by atoms with Gasteiger partial charge in [0.2, 0.25) is 11.8 Å². The molecule has 0 bridgehead atoms. The molecule has 0 saturated carbocycles. The second kappa shape index (κ2) is 5.87. The van der Waals surface area contributed by atoms with Crippen molar-refractivity contribution < 1.29 is 9.59 Å². The molecule has 1 saturated heterocycles. The standard InChI is InChI=1S/C15H20N2O2/c1-11(2)9-14(18)16-12-5-3-6-13(10-12)17-8-4-7-15(17)19/h3,5-6,10-11H,4,7-9H2,1-2H3,(H,16,18). The van der Waals surface area contributed by atoms with Gasteiger partial charge in [0, 0.05) is 30.8 Å². The number of hydrogen-bond acceptors (Lipinski definition) is 2. The lowest BCUT2D eigenvalue weighted by atomic mass is 10.1. The van der Waals surface area contributed by atoms with Gasteiger partial charge in [0.25, 0.3) is 0 Å². The molecule has 0 aliphatic carbocycles. The second-order valence-corrected chi connectivity index (χ2v) is 5.35. The maximum atomic E-state index is 11.7. The monoisotopic (exact) mass is 260 g/mol. The number of hydrogen-bond donors (Lipinski definition) is 1. The van der Waals surface area contributed by atoms with Gasteiger partial charge in [-0.2, -0.15) is 0 Å². The first-order valence-corrected chi connectivity index (χ1v) is 6.76. The highest BCUT2D eigenvalue weighted by Crippen LogP contribution is 2.24. The van der Waals surface area contributed by atoms with Crippen LogP contribution < -0.4 is 10.2 Å². The summed E-state index contributed by atoms with van der Waals surface area (Å²) in [6, 6.07) is 7.48. The van der Waals surface area contributed by atoms with Crippen LogP contribution in [0.2, 0.25) is 0 Å². The molecule has 102 valence electrons. The quantitative estimate of drug-likeness (QED) is 0.905. The summed E-state index contributed by atoms with van der Waals surface area (Å²) in [4.78, 5) is 25.2. The summed E-state index contributed by atoms with van der Waals surface area (Å²) in [6.45, 7) is 4.79. The van der Waals surface area contributed by atoms with Crippen LogP contribution >= 0.6 is 0 Å². The van der Waals surface area contributed by atoms with Crippen LogP contribution in [0.1, 0.15) is 33.1 Å². The van der Waals surface area contributed by atoms with Crippen molar-refractivity contribution in [3.8, 4) is 0 Å². The Morgan fingerprint density at radius 2 is 2.21 bits per heavy atom. The van der Waals surface area contributed by atoms with Crippen molar-refractivity contribution in [3.63, 3.8) is 0 Å². The first-order chi connectivity index (χ1) is 9.06. The van der Waals surface area contributed by atoms with E-state index in [9.17, 15) is 9.59 Å². The van der Waals surface area contributed by atoms with E-state index in [1.807, 2.05) is 38.1 Å². The molecule has 2 amide bonds. The van der Waals surface area contributed by atoms with Crippen molar-refractivity contribution in [1.29, 1.82) is 0 Å². The van der Waals surface area contributed by atoms with Gasteiger partial charge in [0.05, 0.1) is 0 Å². The second-order valence-electron chi connectivity index (χ2n) is 5.35. The average Bonchev–Trinajstić information content (AvgIpc) is 2.74. The van der Waals surface area contributed by atoms with E-state index in [1.165, 1.54) is 0 Å². The van der Waals surface area contributed by atoms with Crippen molar-refractivity contribution in [1.82, 2.24) is 0 Å². The lowest BCUT2D eigenvalue weighted by molar-refractivity contribution is -0.117. The van der Waals surface area contributed by atoms with Gasteiger partial charge in [-0.25, -0.2) is 0 Å². The van der Waals surface area contributed by atoms with Crippen LogP contribution in [-0.2, 0) is 9.59 Å². The molecule has 4 nitrogen and oxygen atoms in total. The van der Waals surface area contributed by atoms with Crippen LogP contribution in [0.3, 0.4) is 0 Å². The van der Waals surface area contributed by atoms with Gasteiger partial charge in [-0.05, 0) is 30.5 Å². The summed E-state index contributed by atoms with van der Waals surface area (Å²) >= 11 is 0. The zero-order chi connectivity index (χ0) is 13.8.